The van der Waals surface area contributed by atoms with Crippen molar-refractivity contribution >= 4 is 29.1 Å². The average Bonchev–Trinajstić information content (AvgIpc) is 3.12. The second-order valence-electron chi connectivity index (χ2n) is 4.75. The van der Waals surface area contributed by atoms with Crippen LogP contribution in [0.2, 0.25) is 0 Å². The van der Waals surface area contributed by atoms with Crippen molar-refractivity contribution in [1.29, 1.82) is 0 Å². The van der Waals surface area contributed by atoms with Gasteiger partial charge < -0.3 is 19.5 Å². The van der Waals surface area contributed by atoms with Gasteiger partial charge in [0.1, 0.15) is 21.6 Å². The Balaban J connectivity index is 2.13. The predicted molar refractivity (Wildman–Crippen MR) is 80.5 cm³/mol. The van der Waals surface area contributed by atoms with E-state index in [2.05, 4.69) is 5.32 Å². The molecule has 1 N–H and O–H groups in total. The summed E-state index contributed by atoms with van der Waals surface area (Å²) in [7, 11) is 4.65. The highest BCUT2D eigenvalue weighted by Crippen LogP contribution is 2.53. The third-order valence-electron chi connectivity index (χ3n) is 3.40. The van der Waals surface area contributed by atoms with Gasteiger partial charge >= 0.3 is 0 Å². The Hall–Kier alpha value is -1.33. The van der Waals surface area contributed by atoms with Crippen molar-refractivity contribution in [3.63, 3.8) is 0 Å². The van der Waals surface area contributed by atoms with E-state index >= 15 is 0 Å². The number of ether oxygens (including phenoxy) is 3. The maximum Gasteiger partial charge on any atom is 0.226 e. The molecule has 1 amide bonds. The lowest BCUT2D eigenvalue weighted by Crippen LogP contribution is -2.26. The summed E-state index contributed by atoms with van der Waals surface area (Å²) in [5.74, 6) is 1.22. The lowest BCUT2D eigenvalue weighted by atomic mass is 10.1. The molecule has 1 atom stereocenters. The highest BCUT2D eigenvalue weighted by Gasteiger charge is 2.56. The molecule has 1 fully saturated rings. The van der Waals surface area contributed by atoms with Gasteiger partial charge in [-0.2, -0.15) is 0 Å². The van der Waals surface area contributed by atoms with E-state index in [0.29, 0.717) is 23.7 Å². The zero-order valence-electron chi connectivity index (χ0n) is 12.0. The molecule has 0 aromatic heterocycles. The Bertz CT molecular complexity index is 523. The van der Waals surface area contributed by atoms with Crippen LogP contribution in [0, 0.1) is 5.92 Å². The van der Waals surface area contributed by atoms with Gasteiger partial charge in [0.05, 0.1) is 39.4 Å². The Morgan fingerprint density at radius 1 is 1.24 bits per heavy atom. The minimum atomic E-state index is -0.932. The number of alkyl halides is 2. The fraction of sp³-hybridized carbons (Fsp3) is 0.500. The molecule has 2 rings (SSSR count). The van der Waals surface area contributed by atoms with Gasteiger partial charge in [0, 0.05) is 12.1 Å². The molecule has 1 aliphatic rings. The highest BCUT2D eigenvalue weighted by molar-refractivity contribution is 6.52. The zero-order chi connectivity index (χ0) is 15.6. The second kappa shape index (κ2) is 6.20. The number of methoxy groups -OCH3 is 3. The van der Waals surface area contributed by atoms with E-state index in [1.807, 2.05) is 0 Å². The van der Waals surface area contributed by atoms with Crippen molar-refractivity contribution in [3.05, 3.63) is 17.7 Å². The van der Waals surface area contributed by atoms with Crippen LogP contribution in [0.15, 0.2) is 12.1 Å². The molecule has 0 radical (unpaired) electrons. The Labute approximate surface area is 133 Å². The molecule has 1 saturated carbocycles. The summed E-state index contributed by atoms with van der Waals surface area (Å²) < 4.78 is 14.9. The van der Waals surface area contributed by atoms with Crippen LogP contribution in [0.5, 0.6) is 17.2 Å². The van der Waals surface area contributed by atoms with Crippen LogP contribution in [0.4, 0.5) is 0 Å². The lowest BCUT2D eigenvalue weighted by Gasteiger charge is -2.15. The van der Waals surface area contributed by atoms with E-state index in [1.165, 1.54) is 0 Å². The van der Waals surface area contributed by atoms with E-state index in [-0.39, 0.29) is 18.4 Å². The lowest BCUT2D eigenvalue weighted by molar-refractivity contribution is -0.122. The van der Waals surface area contributed by atoms with Gasteiger partial charge in [-0.1, -0.05) is 0 Å². The van der Waals surface area contributed by atoms with E-state index < -0.39 is 4.33 Å². The van der Waals surface area contributed by atoms with Crippen molar-refractivity contribution in [2.24, 2.45) is 5.92 Å². The number of carbonyl (C=O) groups is 1. The van der Waals surface area contributed by atoms with Gasteiger partial charge in [-0.25, -0.2) is 0 Å². The first-order chi connectivity index (χ1) is 9.92. The van der Waals surface area contributed by atoms with Crippen molar-refractivity contribution in [3.8, 4) is 17.2 Å². The molecule has 0 bridgehead atoms. The summed E-state index contributed by atoms with van der Waals surface area (Å²) in [6.07, 6.45) is 0.471. The summed E-state index contributed by atoms with van der Waals surface area (Å²) in [6, 6.07) is 3.46. The Kier molecular flexibility index (Phi) is 4.74. The van der Waals surface area contributed by atoms with Gasteiger partial charge in [-0.05, 0) is 6.42 Å². The quantitative estimate of drug-likeness (QED) is 0.813. The number of benzene rings is 1. The maximum atomic E-state index is 11.9. The number of carbonyl (C=O) groups excluding carboxylic acids is 1. The first kappa shape index (κ1) is 16.0. The predicted octanol–water partition coefficient (Wildman–Crippen LogP) is 2.52. The summed E-state index contributed by atoms with van der Waals surface area (Å²) in [4.78, 5) is 11.9. The van der Waals surface area contributed by atoms with E-state index in [9.17, 15) is 4.79 Å². The number of nitrogens with one attached hydrogen (secondary N) is 1. The molecule has 7 heteroatoms. The highest BCUT2D eigenvalue weighted by atomic mass is 35.5. The molecule has 0 saturated heterocycles. The Morgan fingerprint density at radius 2 is 1.76 bits per heavy atom. The molecule has 1 aromatic rings. The molecule has 1 aliphatic carbocycles. The summed E-state index contributed by atoms with van der Waals surface area (Å²) in [6.45, 7) is 0.259. The topological polar surface area (TPSA) is 56.8 Å². The second-order valence-corrected chi connectivity index (χ2v) is 6.29. The zero-order valence-corrected chi connectivity index (χ0v) is 13.5. The van der Waals surface area contributed by atoms with Crippen LogP contribution in [0.25, 0.3) is 0 Å². The minimum absolute atomic E-state index is 0.181. The van der Waals surface area contributed by atoms with Crippen LogP contribution in [0.1, 0.15) is 12.0 Å². The monoisotopic (exact) mass is 333 g/mol. The molecule has 0 spiro atoms. The van der Waals surface area contributed by atoms with Crippen LogP contribution in [-0.2, 0) is 11.3 Å². The largest absolute Gasteiger partial charge is 0.496 e. The number of amides is 1. The SMILES string of the molecule is COc1cc(OC)c(CNC(=O)C2CC2(Cl)Cl)c(OC)c1. The van der Waals surface area contributed by atoms with Gasteiger partial charge in [0.25, 0.3) is 0 Å². The van der Waals surface area contributed by atoms with Crippen LogP contribution in [0.3, 0.4) is 0 Å². The van der Waals surface area contributed by atoms with Crippen molar-refractivity contribution in [1.82, 2.24) is 5.32 Å². The molecular weight excluding hydrogens is 317 g/mol. The minimum Gasteiger partial charge on any atom is -0.496 e. The number of halogens is 2. The first-order valence-electron chi connectivity index (χ1n) is 6.37. The number of rotatable bonds is 6. The van der Waals surface area contributed by atoms with Gasteiger partial charge in [-0.15, -0.1) is 23.2 Å². The average molecular weight is 334 g/mol. The first-order valence-corrected chi connectivity index (χ1v) is 7.13. The molecule has 116 valence electrons. The van der Waals surface area contributed by atoms with Crippen molar-refractivity contribution < 1.29 is 19.0 Å². The normalized spacial score (nSPS) is 18.8. The summed E-state index contributed by atoms with van der Waals surface area (Å²) in [5, 5.41) is 2.79. The van der Waals surface area contributed by atoms with Gasteiger partial charge in [-0.3, -0.25) is 4.79 Å². The third kappa shape index (κ3) is 3.47. The number of hydrogen-bond acceptors (Lipinski definition) is 4. The smallest absolute Gasteiger partial charge is 0.226 e. The van der Waals surface area contributed by atoms with E-state index in [1.54, 1.807) is 33.5 Å². The van der Waals surface area contributed by atoms with Crippen LogP contribution < -0.4 is 19.5 Å². The molecule has 1 unspecified atom stereocenters. The Morgan fingerprint density at radius 3 is 2.14 bits per heavy atom. The third-order valence-corrected chi connectivity index (χ3v) is 4.23. The van der Waals surface area contributed by atoms with Crippen molar-refractivity contribution in [2.75, 3.05) is 21.3 Å². The summed E-state index contributed by atoms with van der Waals surface area (Å²) >= 11 is 11.8. The summed E-state index contributed by atoms with van der Waals surface area (Å²) in [5.41, 5.74) is 0.726. The number of hydrogen-bond donors (Lipinski definition) is 1. The fourth-order valence-corrected chi connectivity index (χ4v) is 2.56. The molecule has 21 heavy (non-hydrogen) atoms. The van der Waals surface area contributed by atoms with Crippen molar-refractivity contribution in [2.45, 2.75) is 17.3 Å². The van der Waals surface area contributed by atoms with E-state index in [4.69, 9.17) is 37.4 Å². The molecule has 0 heterocycles. The van der Waals surface area contributed by atoms with Gasteiger partial charge in [0.2, 0.25) is 5.91 Å². The van der Waals surface area contributed by atoms with Crippen LogP contribution >= 0.6 is 23.2 Å². The standard InChI is InChI=1S/C14H17Cl2NO4/c1-19-8-4-11(20-2)9(12(5-8)21-3)7-17-13(18)10-6-14(10,15)16/h4-5,10H,6-7H2,1-3H3,(H,17,18). The molecule has 0 aliphatic heterocycles. The molecule has 1 aromatic carbocycles. The van der Waals surface area contributed by atoms with E-state index in [0.717, 1.165) is 5.56 Å². The molecular formula is C14H17Cl2NO4. The maximum absolute atomic E-state index is 11.9. The van der Waals surface area contributed by atoms with Crippen LogP contribution in [-0.4, -0.2) is 31.6 Å². The molecule has 5 nitrogen and oxygen atoms in total. The fourth-order valence-electron chi connectivity index (χ4n) is 2.05. The van der Waals surface area contributed by atoms with Gasteiger partial charge in [0.15, 0.2) is 0 Å².